The van der Waals surface area contributed by atoms with Crippen molar-refractivity contribution in [1.82, 2.24) is 0 Å². The average Bonchev–Trinajstić information content (AvgIpc) is 2.12. The molecule has 0 radical (unpaired) electrons. The molecule has 0 N–H and O–H groups in total. The molecule has 0 unspecified atom stereocenters. The maximum atomic E-state index is 3.50. The first kappa shape index (κ1) is 17.3. The molecule has 0 aliphatic rings. The van der Waals surface area contributed by atoms with Crippen molar-refractivity contribution in [3.63, 3.8) is 0 Å². The van der Waals surface area contributed by atoms with E-state index in [2.05, 4.69) is 58.9 Å². The van der Waals surface area contributed by atoms with Crippen molar-refractivity contribution in [2.75, 3.05) is 0 Å². The van der Waals surface area contributed by atoms with Gasteiger partial charge in [-0.3, -0.25) is 0 Å². The summed E-state index contributed by atoms with van der Waals surface area (Å²) in [5, 5.41) is 0. The summed E-state index contributed by atoms with van der Waals surface area (Å²) in [6, 6.07) is 0. The minimum atomic E-state index is -1.89. The zero-order chi connectivity index (χ0) is 13.5. The summed E-state index contributed by atoms with van der Waals surface area (Å²) in [7, 11) is -1.19. The van der Waals surface area contributed by atoms with E-state index < -0.39 is 26.5 Å². The molecule has 0 nitrogen and oxygen atoms in total. The molecule has 98 valence electrons. The van der Waals surface area contributed by atoms with Crippen LogP contribution in [0.4, 0.5) is 0 Å². The molecule has 0 fully saturated rings. The fourth-order valence-electron chi connectivity index (χ4n) is 1.53. The number of rotatable bonds is 5. The second-order valence-corrected chi connectivity index (χ2v) is 26.3. The Hall–Kier alpha value is 0.316. The predicted molar refractivity (Wildman–Crippen MR) is 86.7 cm³/mol. The van der Waals surface area contributed by atoms with Crippen molar-refractivity contribution in [3.8, 4) is 11.5 Å². The van der Waals surface area contributed by atoms with Gasteiger partial charge in [0, 0.05) is 0 Å². The van der Waals surface area contributed by atoms with E-state index in [-0.39, 0.29) is 0 Å². The van der Waals surface area contributed by atoms with Crippen LogP contribution in [0.1, 0.15) is 32.6 Å². The molecule has 0 aromatic rings. The van der Waals surface area contributed by atoms with Crippen LogP contribution in [-0.2, 0) is 0 Å². The number of hydrogen-bond donors (Lipinski definition) is 0. The molecule has 0 aliphatic carbocycles. The van der Waals surface area contributed by atoms with Gasteiger partial charge >= 0.3 is 115 Å². The van der Waals surface area contributed by atoms with Crippen LogP contribution in [0.25, 0.3) is 0 Å². The van der Waals surface area contributed by atoms with Crippen molar-refractivity contribution in [1.29, 1.82) is 0 Å². The van der Waals surface area contributed by atoms with E-state index in [4.69, 9.17) is 0 Å². The molecule has 0 saturated carbocycles. The van der Waals surface area contributed by atoms with Gasteiger partial charge in [-0.15, -0.1) is 0 Å². The first-order chi connectivity index (χ1) is 7.67. The van der Waals surface area contributed by atoms with Gasteiger partial charge < -0.3 is 0 Å². The molecule has 0 heterocycles. The van der Waals surface area contributed by atoms with Crippen LogP contribution in [0.2, 0.25) is 34.5 Å². The summed E-state index contributed by atoms with van der Waals surface area (Å²) in [5.41, 5.74) is 3.50. The molecular weight excluding hydrogens is 327 g/mol. The second kappa shape index (κ2) is 7.69. The van der Waals surface area contributed by atoms with Crippen LogP contribution in [0.3, 0.4) is 0 Å². The van der Waals surface area contributed by atoms with E-state index in [1.54, 1.807) is 3.59 Å². The van der Waals surface area contributed by atoms with E-state index >= 15 is 0 Å². The van der Waals surface area contributed by atoms with Crippen LogP contribution in [0, 0.1) is 11.5 Å². The summed E-state index contributed by atoms with van der Waals surface area (Å²) >= 11 is -1.89. The fraction of sp³-hybridized carbons (Fsp3) is 0.733. The fourth-order valence-corrected chi connectivity index (χ4v) is 6.07. The molecule has 0 amide bonds. The number of hydrogen-bond acceptors (Lipinski definition) is 0. The third-order valence-corrected chi connectivity index (χ3v) is 10.2. The van der Waals surface area contributed by atoms with Crippen molar-refractivity contribution < 1.29 is 0 Å². The van der Waals surface area contributed by atoms with Crippen LogP contribution >= 0.6 is 0 Å². The summed E-state index contributed by atoms with van der Waals surface area (Å²) in [5.74, 6) is 3.45. The molecule has 0 saturated heterocycles. The first-order valence-corrected chi connectivity index (χ1v) is 20.4. The van der Waals surface area contributed by atoms with Gasteiger partial charge in [-0.25, -0.2) is 0 Å². The number of allylic oxidation sites excluding steroid dienone is 2. The topological polar surface area (TPSA) is 0 Å². The van der Waals surface area contributed by atoms with E-state index in [1.807, 2.05) is 0 Å². The second-order valence-electron chi connectivity index (χ2n) is 6.85. The van der Waals surface area contributed by atoms with E-state index in [0.717, 1.165) is 6.42 Å². The Morgan fingerprint density at radius 1 is 1.18 bits per heavy atom. The average molecular weight is 357 g/mol. The van der Waals surface area contributed by atoms with Crippen molar-refractivity contribution in [2.24, 2.45) is 0 Å². The zero-order valence-electron chi connectivity index (χ0n) is 12.9. The monoisotopic (exact) mass is 358 g/mol. The molecule has 0 aliphatic heterocycles. The number of unbranched alkanes of at least 4 members (excludes halogenated alkanes) is 2. The van der Waals surface area contributed by atoms with Gasteiger partial charge in [0.15, 0.2) is 0 Å². The van der Waals surface area contributed by atoms with Crippen LogP contribution in [0.15, 0.2) is 9.67 Å². The molecule has 0 atom stereocenters. The summed E-state index contributed by atoms with van der Waals surface area (Å²) in [6.45, 7) is 9.22. The Kier molecular flexibility index (Phi) is 7.83. The third kappa shape index (κ3) is 9.97. The van der Waals surface area contributed by atoms with Gasteiger partial charge in [0.1, 0.15) is 0 Å². The van der Waals surface area contributed by atoms with Gasteiger partial charge in [0.25, 0.3) is 0 Å². The van der Waals surface area contributed by atoms with E-state index in [0.29, 0.717) is 0 Å². The Balaban J connectivity index is 4.61. The zero-order valence-corrected chi connectivity index (χ0v) is 16.8. The molecule has 0 bridgehead atoms. The Morgan fingerprint density at radius 3 is 2.18 bits per heavy atom. The minimum absolute atomic E-state index is 1.05. The standard InChI is InChI=1S/C12H21Si.3CH3.Sn/c1-5-6-7-8-9-10-11-12-13(2,3)4;;;;/h8H,5-7,10H2,1-4H3;3*1H3;. The van der Waals surface area contributed by atoms with Crippen LogP contribution in [0.5, 0.6) is 0 Å². The van der Waals surface area contributed by atoms with E-state index in [1.165, 1.54) is 19.3 Å². The molecular formula is C15H30SiSn. The summed E-state index contributed by atoms with van der Waals surface area (Å²) in [4.78, 5) is 7.51. The van der Waals surface area contributed by atoms with Crippen LogP contribution in [-0.4, -0.2) is 26.5 Å². The molecule has 17 heavy (non-hydrogen) atoms. The summed E-state index contributed by atoms with van der Waals surface area (Å²) in [6.07, 6.45) is 7.44. The van der Waals surface area contributed by atoms with Gasteiger partial charge in [-0.05, 0) is 0 Å². The first-order valence-electron chi connectivity index (χ1n) is 6.86. The van der Waals surface area contributed by atoms with Crippen molar-refractivity contribution in [3.05, 3.63) is 9.67 Å². The Bertz CT molecular complexity index is 305. The van der Waals surface area contributed by atoms with Gasteiger partial charge in [0.05, 0.1) is 0 Å². The molecule has 0 spiro atoms. The van der Waals surface area contributed by atoms with Crippen molar-refractivity contribution in [2.45, 2.75) is 67.1 Å². The third-order valence-electron chi connectivity index (χ3n) is 2.65. The normalized spacial score (nSPS) is 13.2. The van der Waals surface area contributed by atoms with Gasteiger partial charge in [0.2, 0.25) is 0 Å². The van der Waals surface area contributed by atoms with Gasteiger partial charge in [-0.2, -0.15) is 0 Å². The molecule has 0 aromatic carbocycles. The predicted octanol–water partition coefficient (Wildman–Crippen LogP) is 5.25. The Labute approximate surface area is 114 Å². The molecule has 0 rings (SSSR count). The Morgan fingerprint density at radius 2 is 1.76 bits per heavy atom. The van der Waals surface area contributed by atoms with Gasteiger partial charge in [-0.1, -0.05) is 0 Å². The van der Waals surface area contributed by atoms with E-state index in [9.17, 15) is 0 Å². The SMILES string of the molecule is CCCCC=[C](CC#C[Si](C)(C)C)[Sn]([CH3])([CH3])[CH3]. The quantitative estimate of drug-likeness (QED) is 0.358. The molecule has 2 heteroatoms. The molecule has 0 aromatic heterocycles. The van der Waals surface area contributed by atoms with Crippen LogP contribution < -0.4 is 0 Å². The maximum absolute atomic E-state index is 3.50. The summed E-state index contributed by atoms with van der Waals surface area (Å²) < 4.78 is 1.72. The van der Waals surface area contributed by atoms with Crippen molar-refractivity contribution >= 4 is 26.5 Å².